The first-order valence-corrected chi connectivity index (χ1v) is 16.2. The van der Waals surface area contributed by atoms with Crippen LogP contribution in [0.15, 0.2) is 48.5 Å². The molecule has 8 heteroatoms. The Morgan fingerprint density at radius 3 is 1.37 bits per heavy atom. The SMILES string of the molecule is CC1CCN(C(=O)c2cccc(NC(=O)CCCCCCCC(=O)Nc3cccc(C(=O)N4CCC(C)CC4)c3)c2)CC1. The lowest BCUT2D eigenvalue weighted by Gasteiger charge is -2.30. The molecule has 2 saturated heterocycles. The fourth-order valence-electron chi connectivity index (χ4n) is 5.80. The van der Waals surface area contributed by atoms with E-state index in [4.69, 9.17) is 0 Å². The number of carbonyl (C=O) groups is 4. The molecule has 232 valence electrons. The maximum atomic E-state index is 12.9. The first-order valence-electron chi connectivity index (χ1n) is 16.2. The van der Waals surface area contributed by atoms with Gasteiger partial charge in [0.25, 0.3) is 11.8 Å². The molecule has 2 N–H and O–H groups in total. The van der Waals surface area contributed by atoms with Crippen molar-refractivity contribution in [3.63, 3.8) is 0 Å². The lowest BCUT2D eigenvalue weighted by molar-refractivity contribution is -0.117. The topological polar surface area (TPSA) is 98.8 Å². The molecule has 2 aromatic carbocycles. The summed E-state index contributed by atoms with van der Waals surface area (Å²) in [5.74, 6) is 1.29. The van der Waals surface area contributed by atoms with Gasteiger partial charge in [-0.05, 0) is 86.8 Å². The van der Waals surface area contributed by atoms with Gasteiger partial charge in [-0.2, -0.15) is 0 Å². The summed E-state index contributed by atoms with van der Waals surface area (Å²) >= 11 is 0. The summed E-state index contributed by atoms with van der Waals surface area (Å²) < 4.78 is 0. The van der Waals surface area contributed by atoms with Gasteiger partial charge in [-0.1, -0.05) is 45.2 Å². The van der Waals surface area contributed by atoms with E-state index in [2.05, 4.69) is 24.5 Å². The van der Waals surface area contributed by atoms with Gasteiger partial charge in [-0.25, -0.2) is 0 Å². The van der Waals surface area contributed by atoms with Crippen molar-refractivity contribution in [3.8, 4) is 0 Å². The third-order valence-corrected chi connectivity index (χ3v) is 8.74. The third kappa shape index (κ3) is 10.2. The van der Waals surface area contributed by atoms with Crippen LogP contribution in [0, 0.1) is 11.8 Å². The Hall–Kier alpha value is -3.68. The molecular weight excluding hydrogens is 540 g/mol. The molecule has 2 fully saturated rings. The summed E-state index contributed by atoms with van der Waals surface area (Å²) in [5.41, 5.74) is 2.54. The van der Waals surface area contributed by atoms with Crippen molar-refractivity contribution in [2.24, 2.45) is 11.8 Å². The number of nitrogens with one attached hydrogen (secondary N) is 2. The van der Waals surface area contributed by atoms with E-state index in [1.54, 1.807) is 12.1 Å². The summed E-state index contributed by atoms with van der Waals surface area (Å²) in [6.45, 7) is 7.60. The quantitative estimate of drug-likeness (QED) is 0.268. The molecule has 0 aromatic heterocycles. The molecule has 0 aliphatic carbocycles. The van der Waals surface area contributed by atoms with Crippen LogP contribution >= 0.6 is 0 Å². The molecule has 0 bridgehead atoms. The fourth-order valence-corrected chi connectivity index (χ4v) is 5.80. The number of nitrogens with zero attached hydrogens (tertiary/aromatic N) is 2. The van der Waals surface area contributed by atoms with E-state index in [0.717, 1.165) is 84.0 Å². The van der Waals surface area contributed by atoms with Crippen LogP contribution in [-0.4, -0.2) is 59.6 Å². The third-order valence-electron chi connectivity index (χ3n) is 8.74. The van der Waals surface area contributed by atoms with Gasteiger partial charge in [0.2, 0.25) is 11.8 Å². The Morgan fingerprint density at radius 1 is 0.605 bits per heavy atom. The highest BCUT2D eigenvalue weighted by molar-refractivity contribution is 5.98. The van der Waals surface area contributed by atoms with Crippen LogP contribution < -0.4 is 10.6 Å². The molecule has 0 saturated carbocycles. The van der Waals surface area contributed by atoms with Crippen molar-refractivity contribution in [1.82, 2.24) is 9.80 Å². The van der Waals surface area contributed by atoms with Crippen molar-refractivity contribution < 1.29 is 19.2 Å². The minimum Gasteiger partial charge on any atom is -0.339 e. The first-order chi connectivity index (χ1) is 20.8. The summed E-state index contributed by atoms with van der Waals surface area (Å²) in [6, 6.07) is 14.4. The minimum atomic E-state index is -0.0497. The molecule has 0 atom stereocenters. The van der Waals surface area contributed by atoms with Gasteiger partial charge in [0.05, 0.1) is 0 Å². The Kier molecular flexibility index (Phi) is 12.2. The first kappa shape index (κ1) is 32.2. The van der Waals surface area contributed by atoms with E-state index < -0.39 is 0 Å². The maximum absolute atomic E-state index is 12.9. The highest BCUT2D eigenvalue weighted by Crippen LogP contribution is 2.21. The highest BCUT2D eigenvalue weighted by Gasteiger charge is 2.23. The summed E-state index contributed by atoms with van der Waals surface area (Å²) in [7, 11) is 0. The molecule has 8 nitrogen and oxygen atoms in total. The fraction of sp³-hybridized carbons (Fsp3) is 0.543. The van der Waals surface area contributed by atoms with Gasteiger partial charge in [-0.15, -0.1) is 0 Å². The van der Waals surface area contributed by atoms with Crippen molar-refractivity contribution >= 4 is 35.0 Å². The average Bonchev–Trinajstić information content (AvgIpc) is 3.01. The minimum absolute atomic E-state index is 0.0304. The number of benzene rings is 2. The standard InChI is InChI=1S/C35H48N4O4/c1-26-16-20-38(21-17-26)34(42)28-10-8-12-30(24-28)36-32(40)14-6-4-3-5-7-15-33(41)37-31-13-9-11-29(25-31)35(43)39-22-18-27(2)19-23-39/h8-13,24-27H,3-7,14-23H2,1-2H3,(H,36,40)(H,37,41). The van der Waals surface area contributed by atoms with Crippen LogP contribution in [0.3, 0.4) is 0 Å². The number of likely N-dealkylation sites (tertiary alicyclic amines) is 2. The summed E-state index contributed by atoms with van der Waals surface area (Å²) in [6.07, 6.45) is 9.33. The van der Waals surface area contributed by atoms with Crippen LogP contribution in [-0.2, 0) is 9.59 Å². The van der Waals surface area contributed by atoms with Crippen molar-refractivity contribution in [2.45, 2.75) is 84.5 Å². The van der Waals surface area contributed by atoms with Crippen LogP contribution in [0.2, 0.25) is 0 Å². The second-order valence-corrected chi connectivity index (χ2v) is 12.5. The monoisotopic (exact) mass is 588 g/mol. The highest BCUT2D eigenvalue weighted by atomic mass is 16.2. The summed E-state index contributed by atoms with van der Waals surface area (Å²) in [5, 5.41) is 5.86. The van der Waals surface area contributed by atoms with E-state index >= 15 is 0 Å². The Morgan fingerprint density at radius 2 is 0.977 bits per heavy atom. The number of carbonyl (C=O) groups excluding carboxylic acids is 4. The average molecular weight is 589 g/mol. The van der Waals surface area contributed by atoms with Gasteiger partial charge in [-0.3, -0.25) is 19.2 Å². The molecule has 2 heterocycles. The van der Waals surface area contributed by atoms with Crippen LogP contribution in [0.25, 0.3) is 0 Å². The van der Waals surface area contributed by atoms with Crippen LogP contribution in [0.4, 0.5) is 11.4 Å². The molecule has 4 rings (SSSR count). The Bertz CT molecular complexity index is 1150. The van der Waals surface area contributed by atoms with Crippen LogP contribution in [0.5, 0.6) is 0 Å². The predicted octanol–water partition coefficient (Wildman–Crippen LogP) is 6.74. The zero-order valence-electron chi connectivity index (χ0n) is 25.9. The van der Waals surface area contributed by atoms with Gasteiger partial charge >= 0.3 is 0 Å². The molecule has 4 amide bonds. The molecule has 2 aliphatic heterocycles. The van der Waals surface area contributed by atoms with Crippen molar-refractivity contribution in [1.29, 1.82) is 0 Å². The Labute approximate surface area is 256 Å². The van der Waals surface area contributed by atoms with Gasteiger partial charge < -0.3 is 20.4 Å². The number of unbranched alkanes of at least 4 members (excludes halogenated alkanes) is 4. The smallest absolute Gasteiger partial charge is 0.253 e. The Balaban J connectivity index is 1.08. The van der Waals surface area contributed by atoms with Crippen LogP contribution in [0.1, 0.15) is 105 Å². The second kappa shape index (κ2) is 16.2. The number of anilines is 2. The normalized spacial score (nSPS) is 16.1. The molecule has 43 heavy (non-hydrogen) atoms. The number of amides is 4. The van der Waals surface area contributed by atoms with E-state index in [1.807, 2.05) is 46.2 Å². The molecule has 0 radical (unpaired) electrons. The van der Waals surface area contributed by atoms with Gasteiger partial charge in [0.1, 0.15) is 0 Å². The zero-order chi connectivity index (χ0) is 30.6. The number of hydrogen-bond acceptors (Lipinski definition) is 4. The van der Waals surface area contributed by atoms with Crippen molar-refractivity contribution in [3.05, 3.63) is 59.7 Å². The van der Waals surface area contributed by atoms with Gasteiger partial charge in [0.15, 0.2) is 0 Å². The van der Waals surface area contributed by atoms with E-state index in [1.165, 1.54) is 0 Å². The van der Waals surface area contributed by atoms with E-state index in [0.29, 0.717) is 47.2 Å². The largest absolute Gasteiger partial charge is 0.339 e. The lowest BCUT2D eigenvalue weighted by Crippen LogP contribution is -2.37. The zero-order valence-corrected chi connectivity index (χ0v) is 25.9. The molecule has 0 unspecified atom stereocenters. The maximum Gasteiger partial charge on any atom is 0.253 e. The van der Waals surface area contributed by atoms with Gasteiger partial charge in [0, 0.05) is 61.5 Å². The number of hydrogen-bond donors (Lipinski definition) is 2. The molecule has 0 spiro atoms. The molecular formula is C35H48N4O4. The van der Waals surface area contributed by atoms with Crippen molar-refractivity contribution in [2.75, 3.05) is 36.8 Å². The predicted molar refractivity (Wildman–Crippen MR) is 171 cm³/mol. The summed E-state index contributed by atoms with van der Waals surface area (Å²) in [4.78, 5) is 54.4. The molecule has 2 aliphatic rings. The number of piperidine rings is 2. The van der Waals surface area contributed by atoms with E-state index in [-0.39, 0.29) is 23.6 Å². The lowest BCUT2D eigenvalue weighted by atomic mass is 9.98. The second-order valence-electron chi connectivity index (χ2n) is 12.5. The number of rotatable bonds is 12. The van der Waals surface area contributed by atoms with E-state index in [9.17, 15) is 19.2 Å². The molecule has 2 aromatic rings.